The summed E-state index contributed by atoms with van der Waals surface area (Å²) in [6, 6.07) is 16.1. The maximum Gasteiger partial charge on any atom is 0.242 e. The molecule has 3 aromatic rings. The van der Waals surface area contributed by atoms with E-state index in [2.05, 4.69) is 15.5 Å². The Morgan fingerprint density at radius 2 is 1.87 bits per heavy atom. The molecule has 1 fully saturated rings. The van der Waals surface area contributed by atoms with Gasteiger partial charge in [0, 0.05) is 31.4 Å². The lowest BCUT2D eigenvalue weighted by atomic mass is 10.3. The monoisotopic (exact) mass is 457 g/mol. The van der Waals surface area contributed by atoms with Crippen molar-refractivity contribution < 1.29 is 13.2 Å². The zero-order valence-electron chi connectivity index (χ0n) is 17.2. The van der Waals surface area contributed by atoms with Crippen LogP contribution in [0.15, 0.2) is 64.6 Å². The fraction of sp³-hybridized carbons (Fsp3) is 0.286. The zero-order chi connectivity index (χ0) is 22.0. The van der Waals surface area contributed by atoms with Crippen LogP contribution in [0.2, 0.25) is 0 Å². The summed E-state index contributed by atoms with van der Waals surface area (Å²) < 4.78 is 27.8. The number of hydrogen-bond acceptors (Lipinski definition) is 6. The molecule has 1 N–H and O–H groups in total. The molecule has 1 heterocycles. The topological polar surface area (TPSA) is 97.2 Å². The van der Waals surface area contributed by atoms with Crippen molar-refractivity contribution in [1.29, 1.82) is 0 Å². The summed E-state index contributed by atoms with van der Waals surface area (Å²) in [7, 11) is -0.634. The molecular formula is C21H23N5O3S2. The molecule has 0 radical (unpaired) electrons. The first-order valence-corrected chi connectivity index (χ1v) is 12.2. The molecule has 1 saturated carbocycles. The number of rotatable bonds is 8. The van der Waals surface area contributed by atoms with E-state index in [1.165, 1.54) is 38.0 Å². The highest BCUT2D eigenvalue weighted by atomic mass is 32.2. The third-order valence-electron chi connectivity index (χ3n) is 4.84. The first-order chi connectivity index (χ1) is 14.9. The van der Waals surface area contributed by atoms with E-state index in [9.17, 15) is 13.2 Å². The van der Waals surface area contributed by atoms with Crippen molar-refractivity contribution in [1.82, 2.24) is 19.1 Å². The van der Waals surface area contributed by atoms with Crippen LogP contribution in [0.5, 0.6) is 0 Å². The Balaban J connectivity index is 1.47. The van der Waals surface area contributed by atoms with Gasteiger partial charge in [0.1, 0.15) is 5.82 Å². The lowest BCUT2D eigenvalue weighted by Gasteiger charge is -2.13. The molecule has 0 aliphatic heterocycles. The van der Waals surface area contributed by atoms with Gasteiger partial charge in [-0.1, -0.05) is 36.0 Å². The number of carbonyl (C=O) groups is 1. The van der Waals surface area contributed by atoms with E-state index >= 15 is 0 Å². The quantitative estimate of drug-likeness (QED) is 0.522. The van der Waals surface area contributed by atoms with Crippen molar-refractivity contribution in [2.24, 2.45) is 0 Å². The zero-order valence-corrected chi connectivity index (χ0v) is 18.9. The Bertz CT molecular complexity index is 1190. The van der Waals surface area contributed by atoms with Crippen LogP contribution in [0, 0.1) is 0 Å². The molecule has 1 aromatic heterocycles. The Morgan fingerprint density at radius 1 is 1.13 bits per heavy atom. The van der Waals surface area contributed by atoms with Crippen LogP contribution in [-0.2, 0) is 14.8 Å². The number of thioether (sulfide) groups is 1. The fourth-order valence-electron chi connectivity index (χ4n) is 3.07. The van der Waals surface area contributed by atoms with Crippen molar-refractivity contribution in [3.05, 3.63) is 60.4 Å². The molecule has 0 unspecified atom stereocenters. The van der Waals surface area contributed by atoms with E-state index in [0.29, 0.717) is 16.8 Å². The van der Waals surface area contributed by atoms with Crippen LogP contribution in [-0.4, -0.2) is 53.2 Å². The summed E-state index contributed by atoms with van der Waals surface area (Å²) in [5.74, 6) is 1.22. The number of sulfonamides is 1. The minimum atomic E-state index is -3.57. The van der Waals surface area contributed by atoms with Gasteiger partial charge in [-0.15, -0.1) is 10.2 Å². The van der Waals surface area contributed by atoms with Gasteiger partial charge in [-0.3, -0.25) is 9.36 Å². The van der Waals surface area contributed by atoms with Crippen LogP contribution >= 0.6 is 11.8 Å². The van der Waals surface area contributed by atoms with Crippen molar-refractivity contribution in [2.75, 3.05) is 25.2 Å². The molecule has 4 rings (SSSR count). The lowest BCUT2D eigenvalue weighted by Crippen LogP contribution is -2.22. The summed E-state index contributed by atoms with van der Waals surface area (Å²) in [6.45, 7) is 0. The Kier molecular flexibility index (Phi) is 6.12. The maximum absolute atomic E-state index is 12.5. The summed E-state index contributed by atoms with van der Waals surface area (Å²) >= 11 is 1.30. The number of amides is 1. The third kappa shape index (κ3) is 4.81. The Labute approximate surface area is 185 Å². The number of aromatic nitrogens is 3. The highest BCUT2D eigenvalue weighted by Gasteiger charge is 2.31. The maximum atomic E-state index is 12.5. The third-order valence-corrected chi connectivity index (χ3v) is 7.58. The predicted octanol–water partition coefficient (Wildman–Crippen LogP) is 3.13. The van der Waals surface area contributed by atoms with E-state index in [1.54, 1.807) is 12.1 Å². The summed E-state index contributed by atoms with van der Waals surface area (Å²) in [5.41, 5.74) is 1.40. The normalized spacial score (nSPS) is 14.0. The molecule has 1 aliphatic rings. The number of benzene rings is 2. The standard InChI is InChI=1S/C21H23N5O3S2/c1-25(2)31(28,29)18-10-6-7-16(13-18)22-19(27)14-30-21-24-23-20(15-11-12-15)26(21)17-8-4-3-5-9-17/h3-10,13,15H,11-12,14H2,1-2H3,(H,22,27). The second-order valence-electron chi connectivity index (χ2n) is 7.44. The van der Waals surface area contributed by atoms with E-state index in [4.69, 9.17) is 0 Å². The molecule has 0 bridgehead atoms. The summed E-state index contributed by atoms with van der Waals surface area (Å²) in [6.07, 6.45) is 2.20. The highest BCUT2D eigenvalue weighted by Crippen LogP contribution is 2.41. The Morgan fingerprint density at radius 3 is 2.55 bits per heavy atom. The molecule has 2 aromatic carbocycles. The summed E-state index contributed by atoms with van der Waals surface area (Å²) in [5, 5.41) is 12.1. The highest BCUT2D eigenvalue weighted by molar-refractivity contribution is 7.99. The van der Waals surface area contributed by atoms with Crippen LogP contribution in [0.3, 0.4) is 0 Å². The van der Waals surface area contributed by atoms with Gasteiger partial charge >= 0.3 is 0 Å². The van der Waals surface area contributed by atoms with Crippen molar-refractivity contribution in [3.8, 4) is 5.69 Å². The minimum Gasteiger partial charge on any atom is -0.325 e. The minimum absolute atomic E-state index is 0.125. The average Bonchev–Trinajstić information content (AvgIpc) is 3.52. The van der Waals surface area contributed by atoms with Gasteiger partial charge in [0.15, 0.2) is 5.16 Å². The first kappa shape index (κ1) is 21.5. The van der Waals surface area contributed by atoms with Gasteiger partial charge in [0.05, 0.1) is 10.6 Å². The predicted molar refractivity (Wildman–Crippen MR) is 120 cm³/mol. The average molecular weight is 458 g/mol. The molecular weight excluding hydrogens is 434 g/mol. The van der Waals surface area contributed by atoms with Gasteiger partial charge in [-0.2, -0.15) is 0 Å². The molecule has 162 valence electrons. The van der Waals surface area contributed by atoms with Crippen LogP contribution in [0.25, 0.3) is 5.69 Å². The number of nitrogens with zero attached hydrogens (tertiary/aromatic N) is 4. The molecule has 8 nitrogen and oxygen atoms in total. The number of hydrogen-bond donors (Lipinski definition) is 1. The molecule has 0 saturated heterocycles. The van der Waals surface area contributed by atoms with Gasteiger partial charge in [0.2, 0.25) is 15.9 Å². The lowest BCUT2D eigenvalue weighted by molar-refractivity contribution is -0.113. The molecule has 31 heavy (non-hydrogen) atoms. The molecule has 1 aliphatic carbocycles. The van der Waals surface area contributed by atoms with Crippen LogP contribution in [0.4, 0.5) is 5.69 Å². The van der Waals surface area contributed by atoms with Crippen molar-refractivity contribution in [2.45, 2.75) is 28.8 Å². The number of anilines is 1. The first-order valence-electron chi connectivity index (χ1n) is 9.82. The van der Waals surface area contributed by atoms with Gasteiger partial charge < -0.3 is 5.32 Å². The molecule has 0 spiro atoms. The van der Waals surface area contributed by atoms with Crippen LogP contribution < -0.4 is 5.32 Å². The van der Waals surface area contributed by atoms with Gasteiger partial charge in [-0.05, 0) is 43.2 Å². The second kappa shape index (κ2) is 8.81. The smallest absolute Gasteiger partial charge is 0.242 e. The number of para-hydroxylation sites is 1. The Hall–Kier alpha value is -2.69. The molecule has 10 heteroatoms. The molecule has 0 atom stereocenters. The van der Waals surface area contributed by atoms with E-state index in [1.807, 2.05) is 34.9 Å². The van der Waals surface area contributed by atoms with Gasteiger partial charge in [-0.25, -0.2) is 12.7 Å². The number of carbonyl (C=O) groups excluding carboxylic acids is 1. The largest absolute Gasteiger partial charge is 0.325 e. The number of nitrogens with one attached hydrogen (secondary N) is 1. The summed E-state index contributed by atoms with van der Waals surface area (Å²) in [4.78, 5) is 12.7. The SMILES string of the molecule is CN(C)S(=O)(=O)c1cccc(NC(=O)CSc2nnc(C3CC3)n2-c2ccccc2)c1. The molecule has 1 amide bonds. The van der Waals surface area contributed by atoms with Crippen molar-refractivity contribution >= 4 is 33.4 Å². The van der Waals surface area contributed by atoms with Crippen LogP contribution in [0.1, 0.15) is 24.6 Å². The van der Waals surface area contributed by atoms with E-state index in [-0.39, 0.29) is 16.6 Å². The second-order valence-corrected chi connectivity index (χ2v) is 10.5. The van der Waals surface area contributed by atoms with E-state index < -0.39 is 10.0 Å². The van der Waals surface area contributed by atoms with E-state index in [0.717, 1.165) is 28.7 Å². The van der Waals surface area contributed by atoms with Gasteiger partial charge in [0.25, 0.3) is 0 Å². The van der Waals surface area contributed by atoms with Crippen molar-refractivity contribution in [3.63, 3.8) is 0 Å². The fourth-order valence-corrected chi connectivity index (χ4v) is 4.78.